The van der Waals surface area contributed by atoms with E-state index in [1.54, 1.807) is 16.7 Å². The molecule has 0 aliphatic carbocycles. The lowest BCUT2D eigenvalue weighted by atomic mass is 10.0. The topological polar surface area (TPSA) is 290 Å². The number of esters is 1. The van der Waals surface area contributed by atoms with E-state index >= 15 is 0 Å². The van der Waals surface area contributed by atoms with Gasteiger partial charge in [-0.05, 0) is 68.4 Å². The number of carboxylic acids is 4. The van der Waals surface area contributed by atoms with Gasteiger partial charge in [0.15, 0.2) is 6.10 Å². The van der Waals surface area contributed by atoms with Gasteiger partial charge >= 0.3 is 48.1 Å². The first kappa shape index (κ1) is 56.7. The van der Waals surface area contributed by atoms with Crippen molar-refractivity contribution >= 4 is 70.9 Å². The molecular weight excluding hydrogens is 967 g/mol. The number of anilines is 2. The van der Waals surface area contributed by atoms with Gasteiger partial charge in [-0.15, -0.1) is 0 Å². The Morgan fingerprint density at radius 3 is 1.87 bits per heavy atom. The Kier molecular flexibility index (Phi) is 21.5. The third-order valence-electron chi connectivity index (χ3n) is 11.8. The molecule has 21 nitrogen and oxygen atoms in total. The molecule has 25 heteroatoms. The molecule has 388 valence electrons. The second-order valence-electron chi connectivity index (χ2n) is 16.6. The summed E-state index contributed by atoms with van der Waals surface area (Å²) in [5.41, 5.74) is 5.81. The first-order valence-corrected chi connectivity index (χ1v) is 22.9. The van der Waals surface area contributed by atoms with Crippen LogP contribution in [0.15, 0.2) is 60.7 Å². The largest absolute Gasteiger partial charge is 0.478 e. The highest BCUT2D eigenvalue weighted by Crippen LogP contribution is 2.38. The van der Waals surface area contributed by atoms with Gasteiger partial charge in [0.1, 0.15) is 0 Å². The summed E-state index contributed by atoms with van der Waals surface area (Å²) in [6, 6.07) is 9.74. The number of para-hydroxylation sites is 1. The van der Waals surface area contributed by atoms with Gasteiger partial charge < -0.3 is 55.7 Å². The van der Waals surface area contributed by atoms with Crippen LogP contribution in [0.4, 0.5) is 34.1 Å². The second-order valence-corrected chi connectivity index (χ2v) is 17.0. The van der Waals surface area contributed by atoms with Crippen LogP contribution in [0.3, 0.4) is 0 Å². The van der Waals surface area contributed by atoms with E-state index in [-0.39, 0.29) is 60.7 Å². The quantitative estimate of drug-likeness (QED) is 0.0934. The third-order valence-corrected chi connectivity index (χ3v) is 12.1. The van der Waals surface area contributed by atoms with Crippen molar-refractivity contribution in [3.8, 4) is 0 Å². The lowest BCUT2D eigenvalue weighted by Crippen LogP contribution is -2.57. The van der Waals surface area contributed by atoms with Crippen molar-refractivity contribution in [3.05, 3.63) is 82.4 Å². The van der Waals surface area contributed by atoms with Gasteiger partial charge in [-0.25, -0.2) is 28.8 Å². The number of urea groups is 1. The number of nitrogens with one attached hydrogen (secondary N) is 1. The molecule has 3 saturated heterocycles. The van der Waals surface area contributed by atoms with Crippen LogP contribution in [-0.4, -0.2) is 183 Å². The summed E-state index contributed by atoms with van der Waals surface area (Å²) in [6.45, 7) is 6.79. The molecule has 3 fully saturated rings. The predicted octanol–water partition coefficient (Wildman–Crippen LogP) is 4.14. The monoisotopic (exact) mass is 1020 g/mol. The van der Waals surface area contributed by atoms with E-state index in [1.165, 1.54) is 11.0 Å². The lowest BCUT2D eigenvalue weighted by molar-refractivity contribution is -0.145. The van der Waals surface area contributed by atoms with Crippen LogP contribution in [0.5, 0.6) is 0 Å². The zero-order chi connectivity index (χ0) is 52.4. The minimum atomic E-state index is -4.79. The van der Waals surface area contributed by atoms with Crippen molar-refractivity contribution < 1.29 is 81.4 Å². The number of carbonyl (C=O) groups excluding carboxylic acids is 4. The van der Waals surface area contributed by atoms with E-state index in [9.17, 15) is 51.5 Å². The Morgan fingerprint density at radius 1 is 0.789 bits per heavy atom. The highest BCUT2D eigenvalue weighted by atomic mass is 35.5. The number of nitrogens with two attached hydrogens (primary N) is 1. The Labute approximate surface area is 411 Å². The normalized spacial score (nSPS) is 17.6. The number of nitrogen functional groups attached to an aromatic ring is 1. The highest BCUT2D eigenvalue weighted by molar-refractivity contribution is 6.33. The molecule has 0 radical (unpaired) electrons. The summed E-state index contributed by atoms with van der Waals surface area (Å²) in [7, 11) is 0. The number of amides is 4. The van der Waals surface area contributed by atoms with Crippen molar-refractivity contribution in [1.82, 2.24) is 24.5 Å². The van der Waals surface area contributed by atoms with Crippen molar-refractivity contribution in [3.63, 3.8) is 0 Å². The van der Waals surface area contributed by atoms with Crippen LogP contribution < -0.4 is 11.1 Å². The molecule has 0 spiro atoms. The summed E-state index contributed by atoms with van der Waals surface area (Å²) in [5, 5.41) is 33.9. The first-order chi connectivity index (χ1) is 33.6. The average Bonchev–Trinajstić information content (AvgIpc) is 3.49. The molecule has 0 aromatic heterocycles. The maximum absolute atomic E-state index is 14.1. The van der Waals surface area contributed by atoms with Crippen molar-refractivity contribution in [2.45, 2.75) is 69.8 Å². The maximum atomic E-state index is 14.1. The van der Waals surface area contributed by atoms with Crippen LogP contribution in [-0.2, 0) is 57.3 Å². The number of rotatable bonds is 13. The number of ether oxygens (including phenoxy) is 2. The van der Waals surface area contributed by atoms with E-state index in [4.69, 9.17) is 47.2 Å². The minimum Gasteiger partial charge on any atom is -0.478 e. The number of hydrogen-bond donors (Lipinski definition) is 6. The van der Waals surface area contributed by atoms with Crippen molar-refractivity contribution in [2.75, 3.05) is 83.1 Å². The van der Waals surface area contributed by atoms with Crippen LogP contribution in [0, 0.1) is 0 Å². The standard InChI is InChI=1S/C38H49ClF3N7O6.2C4H4O4/c1-2-54-33(50)24-45-12-8-27(9-13-45)46-17-19-47(20-18-46)35(51)32(23-25-21-29(38(40,41)42)34(43)30(39)22-25)55-37(53)48-14-10-28(11-15-48)49-16-7-26-5-3-4-6-31(26)44-36(49)52;2*5-3(6)1-2-4(7)8/h3-6,21-22,27-28,32H,2,7-20,23-24,43H2,1H3,(H,44,52);2*1-2H,(H,5,6)(H,7,8)/b;2*2-1+/t32-;;/m0../s1. The summed E-state index contributed by atoms with van der Waals surface area (Å²) in [4.78, 5) is 100. The smallest absolute Gasteiger partial charge is 0.418 e. The minimum absolute atomic E-state index is 0.0535. The molecule has 4 aliphatic rings. The van der Waals surface area contributed by atoms with E-state index in [0.717, 1.165) is 43.2 Å². The summed E-state index contributed by atoms with van der Waals surface area (Å²) >= 11 is 6.13. The van der Waals surface area contributed by atoms with Crippen LogP contribution in [0.25, 0.3) is 0 Å². The van der Waals surface area contributed by atoms with E-state index in [0.29, 0.717) is 82.9 Å². The molecule has 2 aromatic rings. The molecule has 7 N–H and O–H groups in total. The zero-order valence-corrected chi connectivity index (χ0v) is 39.5. The number of nitrogens with zero attached hydrogens (tertiary/aromatic N) is 5. The lowest BCUT2D eigenvalue weighted by Gasteiger charge is -2.43. The number of likely N-dealkylation sites (tertiary alicyclic amines) is 2. The number of piperazine rings is 1. The third kappa shape index (κ3) is 18.1. The van der Waals surface area contributed by atoms with Gasteiger partial charge in [0.2, 0.25) is 0 Å². The fraction of sp³-hybridized carbons (Fsp3) is 0.478. The molecule has 1 atom stereocenters. The summed E-state index contributed by atoms with van der Waals surface area (Å²) in [5.74, 6) is -5.77. The zero-order valence-electron chi connectivity index (χ0n) is 38.7. The Morgan fingerprint density at radius 2 is 1.34 bits per heavy atom. The number of hydrogen-bond acceptors (Lipinski definition) is 13. The highest BCUT2D eigenvalue weighted by Gasteiger charge is 2.38. The number of alkyl halides is 3. The molecular formula is C46H57ClF3N7O14. The Hall–Kier alpha value is -6.92. The molecule has 4 amide bonds. The van der Waals surface area contributed by atoms with Crippen molar-refractivity contribution in [2.24, 2.45) is 0 Å². The van der Waals surface area contributed by atoms with Gasteiger partial charge in [-0.1, -0.05) is 29.8 Å². The molecule has 0 unspecified atom stereocenters. The molecule has 0 bridgehead atoms. The van der Waals surface area contributed by atoms with Crippen LogP contribution in [0.1, 0.15) is 49.3 Å². The fourth-order valence-electron chi connectivity index (χ4n) is 8.34. The predicted molar refractivity (Wildman–Crippen MR) is 248 cm³/mol. The summed E-state index contributed by atoms with van der Waals surface area (Å²) in [6.07, 6.45) is -1.67. The Bertz CT molecular complexity index is 2230. The Balaban J connectivity index is 0.000000588. The fourth-order valence-corrected chi connectivity index (χ4v) is 8.58. The number of carboxylic acid groups (broad SMARTS) is 4. The van der Waals surface area contributed by atoms with Crippen molar-refractivity contribution in [1.29, 1.82) is 0 Å². The number of benzene rings is 2. The maximum Gasteiger partial charge on any atom is 0.418 e. The molecule has 4 aliphatic heterocycles. The molecule has 0 saturated carbocycles. The molecule has 2 aromatic carbocycles. The van der Waals surface area contributed by atoms with E-state index in [2.05, 4.69) is 15.1 Å². The number of piperidine rings is 2. The van der Waals surface area contributed by atoms with Gasteiger partial charge in [0.05, 0.1) is 29.4 Å². The first-order valence-electron chi connectivity index (χ1n) is 22.5. The van der Waals surface area contributed by atoms with Gasteiger partial charge in [0.25, 0.3) is 5.91 Å². The number of carbonyl (C=O) groups is 8. The van der Waals surface area contributed by atoms with Gasteiger partial charge in [0, 0.05) is 107 Å². The molecule has 6 rings (SSSR count). The average molecular weight is 1020 g/mol. The number of halogens is 4. The molecule has 71 heavy (non-hydrogen) atoms. The van der Waals surface area contributed by atoms with E-state index < -0.39 is 59.4 Å². The summed E-state index contributed by atoms with van der Waals surface area (Å²) < 4.78 is 52.5. The number of aliphatic carboxylic acids is 4. The van der Waals surface area contributed by atoms with Gasteiger partial charge in [-0.2, -0.15) is 13.2 Å². The van der Waals surface area contributed by atoms with Crippen LogP contribution in [0.2, 0.25) is 5.02 Å². The second kappa shape index (κ2) is 26.9. The van der Waals surface area contributed by atoms with E-state index in [1.807, 2.05) is 24.3 Å². The SMILES string of the molecule is CCOC(=O)CN1CCC(N2CCN(C(=O)[C@H](Cc3cc(Cl)c(N)c(C(F)(F)F)c3)OC(=O)N3CCC(N4CCc5ccccc5NC4=O)CC3)CC2)CC1.O=C(O)/C=C/C(=O)O.O=C(O)/C=C/C(=O)O. The van der Waals surface area contributed by atoms with Crippen LogP contribution >= 0.6 is 11.6 Å². The number of fused-ring (bicyclic) bond motifs is 1. The van der Waals surface area contributed by atoms with Gasteiger partial charge in [-0.3, -0.25) is 19.4 Å². The molecule has 4 heterocycles.